The molecule has 3 aliphatic carbocycles. The first-order valence-electron chi connectivity index (χ1n) is 11.9. The minimum atomic E-state index is -0.130. The summed E-state index contributed by atoms with van der Waals surface area (Å²) >= 11 is 0. The quantitative estimate of drug-likeness (QED) is 0.572. The average Bonchev–Trinajstić information content (AvgIpc) is 3.36. The van der Waals surface area contributed by atoms with Gasteiger partial charge in [0.2, 0.25) is 0 Å². The third-order valence-electron chi connectivity index (χ3n) is 8.42. The van der Waals surface area contributed by atoms with Crippen LogP contribution in [0.15, 0.2) is 30.6 Å². The van der Waals surface area contributed by atoms with Gasteiger partial charge in [-0.25, -0.2) is 0 Å². The third-order valence-corrected chi connectivity index (χ3v) is 8.42. The summed E-state index contributed by atoms with van der Waals surface area (Å²) in [7, 11) is 0. The number of fused-ring (bicyclic) bond motifs is 7. The number of hydrogen-bond donors (Lipinski definition) is 3. The van der Waals surface area contributed by atoms with E-state index in [9.17, 15) is 9.90 Å². The van der Waals surface area contributed by atoms with Crippen molar-refractivity contribution in [2.75, 3.05) is 0 Å². The number of hydrogen-bond acceptors (Lipinski definition) is 5. The summed E-state index contributed by atoms with van der Waals surface area (Å²) in [5.74, 6) is 1.82. The minimum absolute atomic E-state index is 0.00237. The van der Waals surface area contributed by atoms with E-state index in [0.29, 0.717) is 35.7 Å². The molecule has 1 saturated carbocycles. The molecule has 7 heteroatoms. The van der Waals surface area contributed by atoms with E-state index in [1.165, 1.54) is 11.1 Å². The van der Waals surface area contributed by atoms with E-state index in [-0.39, 0.29) is 11.3 Å². The van der Waals surface area contributed by atoms with Gasteiger partial charge in [-0.05, 0) is 80.0 Å². The number of carbonyl (C=O) groups is 1. The van der Waals surface area contributed by atoms with Crippen molar-refractivity contribution in [3.63, 3.8) is 0 Å². The van der Waals surface area contributed by atoms with Crippen molar-refractivity contribution < 1.29 is 9.90 Å². The first-order chi connectivity index (χ1) is 15.9. The maximum Gasteiger partial charge on any atom is 0.269 e. The van der Waals surface area contributed by atoms with Crippen molar-refractivity contribution in [2.24, 2.45) is 11.8 Å². The van der Waals surface area contributed by atoms with Crippen LogP contribution in [0.3, 0.4) is 0 Å². The Balaban J connectivity index is 1.24. The van der Waals surface area contributed by atoms with Gasteiger partial charge in [-0.15, -0.1) is 0 Å². The number of benzene rings is 1. The largest absolute Gasteiger partial charge is 0.508 e. The van der Waals surface area contributed by atoms with Crippen molar-refractivity contribution in [1.82, 2.24) is 25.5 Å². The smallest absolute Gasteiger partial charge is 0.269 e. The highest BCUT2D eigenvalue weighted by atomic mass is 16.3. The average molecular weight is 444 g/mol. The summed E-state index contributed by atoms with van der Waals surface area (Å²) < 4.78 is 0. The Kier molecular flexibility index (Phi) is 4.57. The SMILES string of the molecule is Cc1cnc(CNC(=O)c2[nH]nc3c2CC2C4CCc5cc(O)ccc5C4CC[C@]32C)cn1. The molecule has 4 atom stereocenters. The number of aromatic amines is 1. The molecule has 0 radical (unpaired) electrons. The molecule has 3 unspecified atom stereocenters. The number of nitrogens with one attached hydrogen (secondary N) is 2. The molecule has 6 rings (SSSR count). The number of phenolic OH excluding ortho intramolecular Hbond substituents is 1. The predicted molar refractivity (Wildman–Crippen MR) is 123 cm³/mol. The molecule has 0 bridgehead atoms. The summed E-state index contributed by atoms with van der Waals surface area (Å²) in [6.07, 6.45) is 8.62. The van der Waals surface area contributed by atoms with Gasteiger partial charge in [0.15, 0.2) is 0 Å². The van der Waals surface area contributed by atoms with E-state index >= 15 is 0 Å². The lowest BCUT2D eigenvalue weighted by Gasteiger charge is -2.49. The molecular formula is C26H29N5O2. The van der Waals surface area contributed by atoms with Crippen molar-refractivity contribution in [1.29, 1.82) is 0 Å². The van der Waals surface area contributed by atoms with Gasteiger partial charge >= 0.3 is 0 Å². The maximum atomic E-state index is 13.0. The van der Waals surface area contributed by atoms with Crippen molar-refractivity contribution in [2.45, 2.75) is 63.8 Å². The molecule has 0 saturated heterocycles. The third kappa shape index (κ3) is 3.16. The number of aromatic nitrogens is 4. The molecule has 3 aromatic rings. The maximum absolute atomic E-state index is 13.0. The van der Waals surface area contributed by atoms with Gasteiger partial charge in [0.1, 0.15) is 11.4 Å². The number of phenols is 1. The van der Waals surface area contributed by atoms with E-state index in [0.717, 1.165) is 54.7 Å². The zero-order valence-electron chi connectivity index (χ0n) is 19.1. The Labute approximate surface area is 193 Å². The Morgan fingerprint density at radius 1 is 1.27 bits per heavy atom. The van der Waals surface area contributed by atoms with E-state index in [1.807, 2.05) is 19.1 Å². The predicted octanol–water partition coefficient (Wildman–Crippen LogP) is 3.71. The molecule has 0 spiro atoms. The first kappa shape index (κ1) is 20.4. The van der Waals surface area contributed by atoms with Gasteiger partial charge < -0.3 is 10.4 Å². The second kappa shape index (κ2) is 7.40. The first-order valence-corrected chi connectivity index (χ1v) is 11.9. The second-order valence-electron chi connectivity index (χ2n) is 10.2. The van der Waals surface area contributed by atoms with Gasteiger partial charge in [-0.3, -0.25) is 19.9 Å². The Morgan fingerprint density at radius 3 is 2.97 bits per heavy atom. The number of rotatable bonds is 3. The van der Waals surface area contributed by atoms with Crippen LogP contribution in [0, 0.1) is 18.8 Å². The molecule has 170 valence electrons. The Morgan fingerprint density at radius 2 is 2.15 bits per heavy atom. The molecule has 3 aliphatic rings. The molecule has 1 aromatic carbocycles. The highest BCUT2D eigenvalue weighted by Gasteiger charge is 2.55. The minimum Gasteiger partial charge on any atom is -0.508 e. The lowest BCUT2D eigenvalue weighted by atomic mass is 9.55. The molecule has 33 heavy (non-hydrogen) atoms. The summed E-state index contributed by atoms with van der Waals surface area (Å²) in [5.41, 5.74) is 7.08. The monoisotopic (exact) mass is 443 g/mol. The fourth-order valence-electron chi connectivity index (χ4n) is 6.77. The highest BCUT2D eigenvalue weighted by molar-refractivity contribution is 5.94. The van der Waals surface area contributed by atoms with Crippen LogP contribution < -0.4 is 5.32 Å². The zero-order chi connectivity index (χ0) is 22.7. The Hall–Kier alpha value is -3.22. The number of H-pyrrole nitrogens is 1. The fourth-order valence-corrected chi connectivity index (χ4v) is 6.77. The lowest BCUT2D eigenvalue weighted by Crippen LogP contribution is -2.43. The molecular weight excluding hydrogens is 414 g/mol. The molecule has 2 heterocycles. The van der Waals surface area contributed by atoms with E-state index in [4.69, 9.17) is 0 Å². The van der Waals surface area contributed by atoms with Crippen LogP contribution in [0.5, 0.6) is 5.75 Å². The molecule has 2 aromatic heterocycles. The van der Waals surface area contributed by atoms with Crippen LogP contribution in [-0.4, -0.2) is 31.2 Å². The van der Waals surface area contributed by atoms with Crippen LogP contribution in [-0.2, 0) is 24.8 Å². The zero-order valence-corrected chi connectivity index (χ0v) is 19.1. The van der Waals surface area contributed by atoms with Gasteiger partial charge in [-0.2, -0.15) is 5.10 Å². The van der Waals surface area contributed by atoms with Crippen LogP contribution >= 0.6 is 0 Å². The number of nitrogens with zero attached hydrogens (tertiary/aromatic N) is 3. The van der Waals surface area contributed by atoms with Crippen LogP contribution in [0.2, 0.25) is 0 Å². The van der Waals surface area contributed by atoms with Gasteiger partial charge in [-0.1, -0.05) is 13.0 Å². The van der Waals surface area contributed by atoms with Crippen LogP contribution in [0.4, 0.5) is 0 Å². The highest BCUT2D eigenvalue weighted by Crippen LogP contribution is 2.60. The second-order valence-corrected chi connectivity index (χ2v) is 10.2. The van der Waals surface area contributed by atoms with E-state index in [2.05, 4.69) is 38.5 Å². The number of amides is 1. The summed E-state index contributed by atoms with van der Waals surface area (Å²) in [6.45, 7) is 4.58. The molecule has 1 amide bonds. The Bertz CT molecular complexity index is 1230. The summed E-state index contributed by atoms with van der Waals surface area (Å²) in [5, 5.41) is 20.6. The number of aromatic hydroxyl groups is 1. The van der Waals surface area contributed by atoms with Crippen molar-refractivity contribution in [3.05, 3.63) is 70.1 Å². The van der Waals surface area contributed by atoms with E-state index in [1.54, 1.807) is 12.4 Å². The summed E-state index contributed by atoms with van der Waals surface area (Å²) in [6, 6.07) is 5.90. The van der Waals surface area contributed by atoms with Crippen molar-refractivity contribution in [3.8, 4) is 5.75 Å². The van der Waals surface area contributed by atoms with Gasteiger partial charge in [0.25, 0.3) is 5.91 Å². The normalized spacial score (nSPS) is 27.3. The fraction of sp³-hybridized carbons (Fsp3) is 0.462. The number of carbonyl (C=O) groups excluding carboxylic acids is 1. The van der Waals surface area contributed by atoms with Gasteiger partial charge in [0.05, 0.1) is 29.8 Å². The van der Waals surface area contributed by atoms with Crippen molar-refractivity contribution >= 4 is 5.91 Å². The molecule has 3 N–H and O–H groups in total. The van der Waals surface area contributed by atoms with Crippen LogP contribution in [0.1, 0.15) is 76.4 Å². The molecule has 7 nitrogen and oxygen atoms in total. The number of aryl methyl sites for hydroxylation is 2. The van der Waals surface area contributed by atoms with Gasteiger partial charge in [0, 0.05) is 17.2 Å². The molecule has 1 fully saturated rings. The summed E-state index contributed by atoms with van der Waals surface area (Å²) in [4.78, 5) is 21.6. The molecule has 0 aliphatic heterocycles. The lowest BCUT2D eigenvalue weighted by molar-refractivity contribution is 0.0937. The topological polar surface area (TPSA) is 104 Å². The van der Waals surface area contributed by atoms with E-state index < -0.39 is 0 Å². The standard InChI is InChI=1S/C26H29N5O2/c1-14-11-28-16(12-27-14)13-29-25(33)23-21-10-22-20-5-3-15-9-17(32)4-6-18(15)19(20)7-8-26(22,2)24(21)31-30-23/h4,6,9,11-12,19-20,22,32H,3,5,7-8,10,13H2,1-2H3,(H,29,33)(H,30,31)/t19?,20?,22?,26-/m0/s1. The van der Waals surface area contributed by atoms with Crippen LogP contribution in [0.25, 0.3) is 0 Å².